The van der Waals surface area contributed by atoms with Crippen LogP contribution in [0.1, 0.15) is 26.7 Å². The fourth-order valence-corrected chi connectivity index (χ4v) is 1.66. The van der Waals surface area contributed by atoms with Gasteiger partial charge in [0.05, 0.1) is 19.3 Å². The van der Waals surface area contributed by atoms with Crippen molar-refractivity contribution >= 4 is 0 Å². The van der Waals surface area contributed by atoms with Gasteiger partial charge < -0.3 is 20.3 Å². The van der Waals surface area contributed by atoms with Crippen LogP contribution in [0, 0.1) is 5.41 Å². The summed E-state index contributed by atoms with van der Waals surface area (Å²) < 4.78 is 5.45. The first-order valence-electron chi connectivity index (χ1n) is 5.70. The average molecular weight is 217 g/mol. The maximum atomic E-state index is 9.10. The zero-order valence-corrected chi connectivity index (χ0v) is 9.70. The van der Waals surface area contributed by atoms with Gasteiger partial charge in [-0.25, -0.2) is 0 Å². The molecule has 0 heterocycles. The molecule has 15 heavy (non-hydrogen) atoms. The van der Waals surface area contributed by atoms with Gasteiger partial charge in [0.25, 0.3) is 0 Å². The summed E-state index contributed by atoms with van der Waals surface area (Å²) in [6.45, 7) is 5.34. The summed E-state index contributed by atoms with van der Waals surface area (Å²) in [4.78, 5) is 0. The van der Waals surface area contributed by atoms with E-state index < -0.39 is 5.41 Å². The molecule has 4 nitrogen and oxygen atoms in total. The van der Waals surface area contributed by atoms with Crippen LogP contribution in [0.25, 0.3) is 0 Å². The molecule has 0 aromatic carbocycles. The fourth-order valence-electron chi connectivity index (χ4n) is 1.66. The Kier molecular flexibility index (Phi) is 4.99. The van der Waals surface area contributed by atoms with Crippen LogP contribution in [0.2, 0.25) is 0 Å². The Morgan fingerprint density at radius 2 is 1.93 bits per heavy atom. The van der Waals surface area contributed by atoms with Gasteiger partial charge in [-0.1, -0.05) is 6.92 Å². The van der Waals surface area contributed by atoms with Crippen LogP contribution in [0.4, 0.5) is 0 Å². The van der Waals surface area contributed by atoms with Gasteiger partial charge in [0.1, 0.15) is 0 Å². The van der Waals surface area contributed by atoms with E-state index in [1.807, 2.05) is 13.8 Å². The van der Waals surface area contributed by atoms with Gasteiger partial charge >= 0.3 is 0 Å². The van der Waals surface area contributed by atoms with Crippen LogP contribution in [-0.4, -0.2) is 48.7 Å². The van der Waals surface area contributed by atoms with E-state index in [2.05, 4.69) is 5.32 Å². The smallest absolute Gasteiger partial charge is 0.0604 e. The first kappa shape index (κ1) is 12.9. The molecule has 0 bridgehead atoms. The van der Waals surface area contributed by atoms with Gasteiger partial charge in [-0.3, -0.25) is 0 Å². The second-order valence-corrected chi connectivity index (χ2v) is 4.75. The number of nitrogens with one attached hydrogen (secondary N) is 1. The summed E-state index contributed by atoms with van der Waals surface area (Å²) in [5, 5.41) is 21.6. The molecule has 1 fully saturated rings. The van der Waals surface area contributed by atoms with Crippen LogP contribution in [0.5, 0.6) is 0 Å². The van der Waals surface area contributed by atoms with E-state index in [0.717, 1.165) is 19.4 Å². The molecule has 4 heteroatoms. The molecule has 0 aromatic heterocycles. The van der Waals surface area contributed by atoms with Gasteiger partial charge in [-0.05, 0) is 19.8 Å². The third kappa shape index (κ3) is 3.72. The molecule has 1 aliphatic rings. The van der Waals surface area contributed by atoms with Crippen molar-refractivity contribution < 1.29 is 14.9 Å². The molecule has 0 radical (unpaired) electrons. The van der Waals surface area contributed by atoms with Crippen molar-refractivity contribution in [3.05, 3.63) is 0 Å². The zero-order valence-electron chi connectivity index (χ0n) is 9.70. The number of aliphatic hydroxyl groups is 2. The van der Waals surface area contributed by atoms with Crippen molar-refractivity contribution in [2.24, 2.45) is 5.41 Å². The summed E-state index contributed by atoms with van der Waals surface area (Å²) in [6.07, 6.45) is 2.49. The summed E-state index contributed by atoms with van der Waals surface area (Å²) >= 11 is 0. The lowest BCUT2D eigenvalue weighted by Crippen LogP contribution is -2.50. The number of ether oxygens (including phenoxy) is 1. The number of hydrogen-bond acceptors (Lipinski definition) is 4. The van der Waals surface area contributed by atoms with Crippen LogP contribution in [0.3, 0.4) is 0 Å². The van der Waals surface area contributed by atoms with E-state index in [1.165, 1.54) is 0 Å². The van der Waals surface area contributed by atoms with E-state index in [9.17, 15) is 0 Å². The van der Waals surface area contributed by atoms with Gasteiger partial charge in [-0.15, -0.1) is 0 Å². The molecule has 1 saturated carbocycles. The molecule has 0 aliphatic heterocycles. The Hall–Kier alpha value is -0.160. The second kappa shape index (κ2) is 5.80. The Bertz CT molecular complexity index is 177. The summed E-state index contributed by atoms with van der Waals surface area (Å²) in [5.74, 6) is 0. The molecule has 0 amide bonds. The second-order valence-electron chi connectivity index (χ2n) is 4.75. The number of hydrogen-bond donors (Lipinski definition) is 3. The zero-order chi connectivity index (χ0) is 11.3. The third-order valence-electron chi connectivity index (χ3n) is 3.08. The molecular weight excluding hydrogens is 194 g/mol. The van der Waals surface area contributed by atoms with Crippen molar-refractivity contribution in [2.75, 3.05) is 26.4 Å². The van der Waals surface area contributed by atoms with E-state index >= 15 is 0 Å². The summed E-state index contributed by atoms with van der Waals surface area (Å²) in [5.41, 5.74) is -0.406. The average Bonchev–Trinajstić information content (AvgIpc) is 2.21. The fraction of sp³-hybridized carbons (Fsp3) is 1.00. The molecule has 1 aliphatic carbocycles. The van der Waals surface area contributed by atoms with E-state index in [1.54, 1.807) is 0 Å². The van der Waals surface area contributed by atoms with Crippen LogP contribution >= 0.6 is 0 Å². The number of rotatable bonds is 7. The van der Waals surface area contributed by atoms with Crippen molar-refractivity contribution in [2.45, 2.75) is 38.8 Å². The van der Waals surface area contributed by atoms with Crippen molar-refractivity contribution in [3.63, 3.8) is 0 Å². The Morgan fingerprint density at radius 1 is 1.33 bits per heavy atom. The lowest BCUT2D eigenvalue weighted by atomic mass is 9.86. The molecule has 0 aromatic rings. The highest BCUT2D eigenvalue weighted by atomic mass is 16.5. The normalized spacial score (nSPS) is 26.4. The summed E-state index contributed by atoms with van der Waals surface area (Å²) in [7, 11) is 0. The summed E-state index contributed by atoms with van der Waals surface area (Å²) in [6, 6.07) is 0.485. The van der Waals surface area contributed by atoms with Gasteiger partial charge in [0.15, 0.2) is 0 Å². The minimum Gasteiger partial charge on any atom is -0.396 e. The molecule has 1 rings (SSSR count). The first-order valence-corrected chi connectivity index (χ1v) is 5.70. The van der Waals surface area contributed by atoms with Crippen LogP contribution < -0.4 is 5.32 Å². The SMILES string of the molecule is CCOC1CC(NCC(C)(CO)CO)C1. The highest BCUT2D eigenvalue weighted by molar-refractivity contribution is 4.88. The Balaban J connectivity index is 2.12. The minimum absolute atomic E-state index is 0.0120. The molecule has 3 N–H and O–H groups in total. The van der Waals surface area contributed by atoms with Crippen LogP contribution in [0.15, 0.2) is 0 Å². The topological polar surface area (TPSA) is 61.7 Å². The first-order chi connectivity index (χ1) is 7.13. The third-order valence-corrected chi connectivity index (χ3v) is 3.08. The van der Waals surface area contributed by atoms with Crippen molar-refractivity contribution in [1.29, 1.82) is 0 Å². The Labute approximate surface area is 91.6 Å². The predicted octanol–water partition coefficient (Wildman–Crippen LogP) is 0.134. The molecule has 0 spiro atoms. The highest BCUT2D eigenvalue weighted by Crippen LogP contribution is 2.24. The highest BCUT2D eigenvalue weighted by Gasteiger charge is 2.31. The van der Waals surface area contributed by atoms with E-state index in [-0.39, 0.29) is 13.2 Å². The molecule has 0 atom stereocenters. The number of aliphatic hydroxyl groups excluding tert-OH is 2. The molecule has 0 unspecified atom stereocenters. The van der Waals surface area contributed by atoms with Crippen LogP contribution in [-0.2, 0) is 4.74 Å². The van der Waals surface area contributed by atoms with E-state index in [4.69, 9.17) is 14.9 Å². The van der Waals surface area contributed by atoms with Gasteiger partial charge in [0, 0.05) is 24.6 Å². The van der Waals surface area contributed by atoms with Crippen molar-refractivity contribution in [3.8, 4) is 0 Å². The standard InChI is InChI=1S/C11H23NO3/c1-3-15-10-4-9(5-10)12-6-11(2,7-13)8-14/h9-10,12-14H,3-8H2,1-2H3. The Morgan fingerprint density at radius 3 is 2.40 bits per heavy atom. The predicted molar refractivity (Wildman–Crippen MR) is 58.7 cm³/mol. The lowest BCUT2D eigenvalue weighted by molar-refractivity contribution is -0.0158. The molecule has 0 saturated heterocycles. The quantitative estimate of drug-likeness (QED) is 0.567. The van der Waals surface area contributed by atoms with Gasteiger partial charge in [0.2, 0.25) is 0 Å². The van der Waals surface area contributed by atoms with Gasteiger partial charge in [-0.2, -0.15) is 0 Å². The largest absolute Gasteiger partial charge is 0.396 e. The minimum atomic E-state index is -0.406. The monoisotopic (exact) mass is 217 g/mol. The maximum absolute atomic E-state index is 9.10. The maximum Gasteiger partial charge on any atom is 0.0604 e. The lowest BCUT2D eigenvalue weighted by Gasteiger charge is -2.38. The molecular formula is C11H23NO3. The van der Waals surface area contributed by atoms with E-state index in [0.29, 0.717) is 18.7 Å². The molecule has 90 valence electrons. The van der Waals surface area contributed by atoms with Crippen molar-refractivity contribution in [1.82, 2.24) is 5.32 Å².